The van der Waals surface area contributed by atoms with E-state index < -0.39 is 5.82 Å². The van der Waals surface area contributed by atoms with Crippen molar-refractivity contribution in [1.82, 2.24) is 9.80 Å². The normalized spacial score (nSPS) is 18.0. The first-order valence-corrected chi connectivity index (χ1v) is 10.6. The van der Waals surface area contributed by atoms with Gasteiger partial charge in [0, 0.05) is 37.3 Å². The van der Waals surface area contributed by atoms with Crippen LogP contribution >= 0.6 is 0 Å². The molecule has 29 heavy (non-hydrogen) atoms. The lowest BCUT2D eigenvalue weighted by atomic mass is 9.84. The molecule has 4 rings (SSSR count). The summed E-state index contributed by atoms with van der Waals surface area (Å²) >= 11 is 0. The molecule has 1 saturated carbocycles. The summed E-state index contributed by atoms with van der Waals surface area (Å²) < 4.78 is 13.4. The summed E-state index contributed by atoms with van der Waals surface area (Å²) in [6.45, 7) is 1.90. The molecule has 0 unspecified atom stereocenters. The van der Waals surface area contributed by atoms with Crippen LogP contribution in [0.1, 0.15) is 64.3 Å². The second kappa shape index (κ2) is 8.76. The Morgan fingerprint density at radius 3 is 1.93 bits per heavy atom. The van der Waals surface area contributed by atoms with E-state index in [1.807, 2.05) is 12.1 Å². The van der Waals surface area contributed by atoms with Crippen molar-refractivity contribution in [3.8, 4) is 0 Å². The Kier molecular flexibility index (Phi) is 5.93. The molecule has 4 nitrogen and oxygen atoms in total. The van der Waals surface area contributed by atoms with Crippen molar-refractivity contribution < 1.29 is 14.0 Å². The maximum Gasteiger partial charge on any atom is 0.254 e. The van der Waals surface area contributed by atoms with E-state index >= 15 is 0 Å². The number of halogens is 1. The molecule has 2 aromatic rings. The van der Waals surface area contributed by atoms with Gasteiger partial charge in [-0.1, -0.05) is 37.5 Å². The van der Waals surface area contributed by atoms with Gasteiger partial charge in [-0.2, -0.15) is 0 Å². The summed E-state index contributed by atoms with van der Waals surface area (Å²) in [6, 6.07) is 13.8. The Hall–Kier alpha value is -2.69. The number of piperazine rings is 1. The predicted octanol–water partition coefficient (Wildman–Crippen LogP) is 4.47. The monoisotopic (exact) mass is 394 g/mol. The summed E-state index contributed by atoms with van der Waals surface area (Å²) in [7, 11) is 0. The number of rotatable bonds is 3. The van der Waals surface area contributed by atoms with Gasteiger partial charge in [-0.25, -0.2) is 4.39 Å². The number of nitrogens with zero attached hydrogens (tertiary/aromatic N) is 2. The molecule has 152 valence electrons. The zero-order chi connectivity index (χ0) is 20.2. The molecule has 0 spiro atoms. The van der Waals surface area contributed by atoms with E-state index in [0.717, 1.165) is 0 Å². The first-order valence-electron chi connectivity index (χ1n) is 10.6. The lowest BCUT2D eigenvalue weighted by molar-refractivity contribution is 0.0535. The van der Waals surface area contributed by atoms with Gasteiger partial charge in [-0.15, -0.1) is 0 Å². The number of hydrogen-bond acceptors (Lipinski definition) is 2. The van der Waals surface area contributed by atoms with Crippen molar-refractivity contribution in [2.45, 2.75) is 38.0 Å². The molecule has 2 aromatic carbocycles. The number of carbonyl (C=O) groups excluding carboxylic acids is 2. The third-order valence-corrected chi connectivity index (χ3v) is 6.16. The van der Waals surface area contributed by atoms with Gasteiger partial charge >= 0.3 is 0 Å². The third kappa shape index (κ3) is 4.50. The molecule has 2 aliphatic rings. The molecule has 2 amide bonds. The van der Waals surface area contributed by atoms with E-state index in [1.165, 1.54) is 49.8 Å². The van der Waals surface area contributed by atoms with Crippen molar-refractivity contribution >= 4 is 11.8 Å². The maximum atomic E-state index is 13.4. The van der Waals surface area contributed by atoms with Crippen LogP contribution in [0, 0.1) is 5.82 Å². The van der Waals surface area contributed by atoms with Crippen molar-refractivity contribution in [1.29, 1.82) is 0 Å². The van der Waals surface area contributed by atoms with Crippen molar-refractivity contribution in [2.24, 2.45) is 0 Å². The zero-order valence-electron chi connectivity index (χ0n) is 16.6. The largest absolute Gasteiger partial charge is 0.335 e. The SMILES string of the molecule is O=C(c1ccc(C2CCCCC2)cc1)N1CCN(C(=O)c2cccc(F)c2)CC1. The highest BCUT2D eigenvalue weighted by molar-refractivity contribution is 5.96. The lowest BCUT2D eigenvalue weighted by Crippen LogP contribution is -2.50. The van der Waals surface area contributed by atoms with Crippen LogP contribution in [0.25, 0.3) is 0 Å². The average Bonchev–Trinajstić information content (AvgIpc) is 2.79. The lowest BCUT2D eigenvalue weighted by Gasteiger charge is -2.35. The van der Waals surface area contributed by atoms with E-state index in [0.29, 0.717) is 43.2 Å². The van der Waals surface area contributed by atoms with E-state index in [4.69, 9.17) is 0 Å². The molecule has 5 heteroatoms. The number of amides is 2. The number of hydrogen-bond donors (Lipinski definition) is 0. The smallest absolute Gasteiger partial charge is 0.254 e. The molecule has 2 fully saturated rings. The van der Waals surface area contributed by atoms with Crippen LogP contribution in [-0.2, 0) is 0 Å². The van der Waals surface area contributed by atoms with Crippen LogP contribution in [0.15, 0.2) is 48.5 Å². The fourth-order valence-corrected chi connectivity index (χ4v) is 4.43. The van der Waals surface area contributed by atoms with E-state index in [2.05, 4.69) is 12.1 Å². The number of benzene rings is 2. The van der Waals surface area contributed by atoms with Crippen LogP contribution < -0.4 is 0 Å². The molecule has 1 heterocycles. The third-order valence-electron chi connectivity index (χ3n) is 6.16. The molecule has 0 aromatic heterocycles. The zero-order valence-corrected chi connectivity index (χ0v) is 16.6. The highest BCUT2D eigenvalue weighted by Gasteiger charge is 2.26. The van der Waals surface area contributed by atoms with Crippen LogP contribution in [0.2, 0.25) is 0 Å². The minimum Gasteiger partial charge on any atom is -0.335 e. The first-order chi connectivity index (χ1) is 14.1. The van der Waals surface area contributed by atoms with Crippen LogP contribution in [0.5, 0.6) is 0 Å². The topological polar surface area (TPSA) is 40.6 Å². The van der Waals surface area contributed by atoms with Gasteiger partial charge in [0.1, 0.15) is 5.82 Å². The molecule has 0 radical (unpaired) electrons. The maximum absolute atomic E-state index is 13.4. The summed E-state index contributed by atoms with van der Waals surface area (Å²) in [5, 5.41) is 0. The molecule has 0 bridgehead atoms. The fraction of sp³-hybridized carbons (Fsp3) is 0.417. The Balaban J connectivity index is 1.34. The van der Waals surface area contributed by atoms with Crippen molar-refractivity contribution in [3.63, 3.8) is 0 Å². The standard InChI is InChI=1S/C24H27FN2O2/c25-22-8-4-7-21(17-22)24(29)27-15-13-26(14-16-27)23(28)20-11-9-19(10-12-20)18-5-2-1-3-6-18/h4,7-12,17-18H,1-3,5-6,13-16H2. The molecule has 1 aliphatic carbocycles. The van der Waals surface area contributed by atoms with Gasteiger partial charge in [0.15, 0.2) is 0 Å². The van der Waals surface area contributed by atoms with Gasteiger partial charge in [0.05, 0.1) is 0 Å². The van der Waals surface area contributed by atoms with E-state index in [-0.39, 0.29) is 11.8 Å². The molecule has 1 saturated heterocycles. The quantitative estimate of drug-likeness (QED) is 0.771. The molecule has 0 N–H and O–H groups in total. The second-order valence-electron chi connectivity index (χ2n) is 8.05. The highest BCUT2D eigenvalue weighted by atomic mass is 19.1. The minimum atomic E-state index is -0.415. The summed E-state index contributed by atoms with van der Waals surface area (Å²) in [4.78, 5) is 28.9. The van der Waals surface area contributed by atoms with Crippen molar-refractivity contribution in [2.75, 3.05) is 26.2 Å². The molecular formula is C24H27FN2O2. The van der Waals surface area contributed by atoms with Crippen molar-refractivity contribution in [3.05, 3.63) is 71.0 Å². The second-order valence-corrected chi connectivity index (χ2v) is 8.05. The van der Waals surface area contributed by atoms with Gasteiger partial charge in [-0.3, -0.25) is 9.59 Å². The highest BCUT2D eigenvalue weighted by Crippen LogP contribution is 2.32. The molecular weight excluding hydrogens is 367 g/mol. The van der Waals surface area contributed by atoms with Gasteiger partial charge in [0.25, 0.3) is 11.8 Å². The van der Waals surface area contributed by atoms with Gasteiger partial charge < -0.3 is 9.80 Å². The van der Waals surface area contributed by atoms with E-state index in [9.17, 15) is 14.0 Å². The Morgan fingerprint density at radius 1 is 0.759 bits per heavy atom. The first kappa shape index (κ1) is 19.6. The fourth-order valence-electron chi connectivity index (χ4n) is 4.43. The predicted molar refractivity (Wildman–Crippen MR) is 110 cm³/mol. The molecule has 1 aliphatic heterocycles. The van der Waals surface area contributed by atoms with Gasteiger partial charge in [0.2, 0.25) is 0 Å². The molecule has 0 atom stereocenters. The Bertz CT molecular complexity index is 867. The Morgan fingerprint density at radius 2 is 1.34 bits per heavy atom. The van der Waals surface area contributed by atoms with Crippen LogP contribution in [0.4, 0.5) is 4.39 Å². The Labute approximate surface area is 171 Å². The average molecular weight is 394 g/mol. The van der Waals surface area contributed by atoms with Crippen LogP contribution in [0.3, 0.4) is 0 Å². The summed E-state index contributed by atoms with van der Waals surface area (Å²) in [6.07, 6.45) is 6.41. The van der Waals surface area contributed by atoms with E-state index in [1.54, 1.807) is 21.9 Å². The van der Waals surface area contributed by atoms with Gasteiger partial charge in [-0.05, 0) is 54.7 Å². The summed E-state index contributed by atoms with van der Waals surface area (Å²) in [5.41, 5.74) is 2.39. The summed E-state index contributed by atoms with van der Waals surface area (Å²) in [5.74, 6) is 0.0399. The minimum absolute atomic E-state index is 0.0121. The number of carbonyl (C=O) groups is 2. The van der Waals surface area contributed by atoms with Crippen LogP contribution in [-0.4, -0.2) is 47.8 Å².